The van der Waals surface area contributed by atoms with Gasteiger partial charge in [-0.3, -0.25) is 0 Å². The molecule has 0 N–H and O–H groups in total. The Morgan fingerprint density at radius 3 is 2.16 bits per heavy atom. The zero-order valence-corrected chi connectivity index (χ0v) is 11.2. The van der Waals surface area contributed by atoms with Crippen molar-refractivity contribution in [1.29, 1.82) is 0 Å². The van der Waals surface area contributed by atoms with Gasteiger partial charge in [-0.25, -0.2) is 13.2 Å². The molecule has 0 aliphatic heterocycles. The summed E-state index contributed by atoms with van der Waals surface area (Å²) in [6.45, 7) is 3.38. The van der Waals surface area contributed by atoms with Crippen molar-refractivity contribution in [3.8, 4) is 0 Å². The first kappa shape index (κ1) is 13.9. The molecule has 2 rings (SSSR count). The van der Waals surface area contributed by atoms with Crippen LogP contribution in [0.4, 0.5) is 13.2 Å². The molecule has 0 saturated carbocycles. The van der Waals surface area contributed by atoms with Gasteiger partial charge in [-0.1, -0.05) is 12.1 Å². The fourth-order valence-corrected chi connectivity index (χ4v) is 2.71. The normalized spacial score (nSPS) is 12.5. The predicted octanol–water partition coefficient (Wildman–Crippen LogP) is 5.05. The monoisotopic (exact) mass is 284 g/mol. The Balaban J connectivity index is 2.56. The molecule has 0 heterocycles. The van der Waals surface area contributed by atoms with E-state index in [0.717, 1.165) is 6.07 Å². The average Bonchev–Trinajstić information content (AvgIpc) is 2.31. The van der Waals surface area contributed by atoms with Crippen molar-refractivity contribution >= 4 is 11.6 Å². The third kappa shape index (κ3) is 2.61. The van der Waals surface area contributed by atoms with Gasteiger partial charge in [0, 0.05) is 5.56 Å². The minimum Gasteiger partial charge on any atom is -0.207 e. The Bertz CT molecular complexity index is 600. The SMILES string of the molecule is Cc1cc(F)cc(C)c1C(Cl)c1cccc(F)c1F. The lowest BCUT2D eigenvalue weighted by Crippen LogP contribution is -2.04. The van der Waals surface area contributed by atoms with Crippen LogP contribution in [0.15, 0.2) is 30.3 Å². The molecule has 0 spiro atoms. The highest BCUT2D eigenvalue weighted by Crippen LogP contribution is 2.35. The minimum atomic E-state index is -0.967. The fourth-order valence-electron chi connectivity index (χ4n) is 2.19. The molecule has 2 aromatic carbocycles. The number of rotatable bonds is 2. The molecule has 0 radical (unpaired) electrons. The van der Waals surface area contributed by atoms with Crippen LogP contribution in [0.25, 0.3) is 0 Å². The molecule has 1 atom stereocenters. The van der Waals surface area contributed by atoms with Gasteiger partial charge in [0.25, 0.3) is 0 Å². The predicted molar refractivity (Wildman–Crippen MR) is 69.9 cm³/mol. The van der Waals surface area contributed by atoms with Crippen LogP contribution in [0.1, 0.15) is 27.6 Å². The quantitative estimate of drug-likeness (QED) is 0.677. The summed E-state index contributed by atoms with van der Waals surface area (Å²) in [5, 5.41) is -0.851. The fraction of sp³-hybridized carbons (Fsp3) is 0.200. The second-order valence-electron chi connectivity index (χ2n) is 4.46. The Kier molecular flexibility index (Phi) is 3.85. The summed E-state index contributed by atoms with van der Waals surface area (Å²) in [6, 6.07) is 6.52. The highest BCUT2D eigenvalue weighted by atomic mass is 35.5. The molecule has 0 saturated heterocycles. The van der Waals surface area contributed by atoms with Gasteiger partial charge in [-0.2, -0.15) is 0 Å². The molecule has 4 heteroatoms. The van der Waals surface area contributed by atoms with Crippen LogP contribution in [0.2, 0.25) is 0 Å². The van der Waals surface area contributed by atoms with Gasteiger partial charge < -0.3 is 0 Å². The van der Waals surface area contributed by atoms with E-state index in [0.29, 0.717) is 16.7 Å². The van der Waals surface area contributed by atoms with Gasteiger partial charge in [-0.05, 0) is 48.7 Å². The van der Waals surface area contributed by atoms with Crippen molar-refractivity contribution in [3.63, 3.8) is 0 Å². The van der Waals surface area contributed by atoms with E-state index in [1.807, 2.05) is 0 Å². The van der Waals surface area contributed by atoms with Gasteiger partial charge >= 0.3 is 0 Å². The summed E-state index contributed by atoms with van der Waals surface area (Å²) >= 11 is 6.24. The lowest BCUT2D eigenvalue weighted by Gasteiger charge is -2.17. The molecule has 0 aliphatic rings. The van der Waals surface area contributed by atoms with Crippen LogP contribution in [-0.2, 0) is 0 Å². The van der Waals surface area contributed by atoms with E-state index in [9.17, 15) is 13.2 Å². The van der Waals surface area contributed by atoms with E-state index in [2.05, 4.69) is 0 Å². The molecule has 2 aromatic rings. The zero-order valence-electron chi connectivity index (χ0n) is 10.5. The van der Waals surface area contributed by atoms with Crippen molar-refractivity contribution in [2.24, 2.45) is 0 Å². The van der Waals surface area contributed by atoms with Crippen molar-refractivity contribution in [2.45, 2.75) is 19.2 Å². The van der Waals surface area contributed by atoms with Gasteiger partial charge in [0.05, 0.1) is 5.38 Å². The lowest BCUT2D eigenvalue weighted by molar-refractivity contribution is 0.500. The lowest BCUT2D eigenvalue weighted by atomic mass is 9.95. The Morgan fingerprint density at radius 1 is 1.00 bits per heavy atom. The third-order valence-electron chi connectivity index (χ3n) is 3.07. The van der Waals surface area contributed by atoms with Crippen LogP contribution >= 0.6 is 11.6 Å². The molecule has 0 aromatic heterocycles. The molecular weight excluding hydrogens is 273 g/mol. The maximum absolute atomic E-state index is 13.7. The van der Waals surface area contributed by atoms with Crippen LogP contribution in [0.5, 0.6) is 0 Å². The Labute approximate surface area is 114 Å². The zero-order chi connectivity index (χ0) is 14.2. The number of benzene rings is 2. The summed E-state index contributed by atoms with van der Waals surface area (Å²) in [5.74, 6) is -2.28. The average molecular weight is 285 g/mol. The van der Waals surface area contributed by atoms with E-state index in [-0.39, 0.29) is 11.4 Å². The second kappa shape index (κ2) is 5.25. The van der Waals surface area contributed by atoms with E-state index < -0.39 is 17.0 Å². The third-order valence-corrected chi connectivity index (χ3v) is 3.52. The number of alkyl halides is 1. The molecule has 100 valence electrons. The van der Waals surface area contributed by atoms with E-state index >= 15 is 0 Å². The largest absolute Gasteiger partial charge is 0.207 e. The summed E-state index contributed by atoms with van der Waals surface area (Å²) in [6.07, 6.45) is 0. The first-order valence-electron chi connectivity index (χ1n) is 5.76. The summed E-state index contributed by atoms with van der Waals surface area (Å²) in [4.78, 5) is 0. The van der Waals surface area contributed by atoms with Crippen molar-refractivity contribution in [1.82, 2.24) is 0 Å². The summed E-state index contributed by atoms with van der Waals surface area (Å²) in [7, 11) is 0. The number of halogens is 4. The summed E-state index contributed by atoms with van der Waals surface area (Å²) < 4.78 is 40.2. The highest BCUT2D eigenvalue weighted by Gasteiger charge is 2.21. The molecule has 0 amide bonds. The molecule has 0 bridgehead atoms. The Hall–Kier alpha value is -1.48. The Morgan fingerprint density at radius 2 is 1.58 bits per heavy atom. The first-order chi connectivity index (χ1) is 8.91. The van der Waals surface area contributed by atoms with Gasteiger partial charge in [0.15, 0.2) is 11.6 Å². The molecule has 0 aliphatic carbocycles. The minimum absolute atomic E-state index is 0.0551. The molecule has 19 heavy (non-hydrogen) atoms. The van der Waals surface area contributed by atoms with Gasteiger partial charge in [0.2, 0.25) is 0 Å². The van der Waals surface area contributed by atoms with E-state index in [1.54, 1.807) is 13.8 Å². The van der Waals surface area contributed by atoms with E-state index in [1.165, 1.54) is 24.3 Å². The maximum Gasteiger partial charge on any atom is 0.163 e. The number of aryl methyl sites for hydroxylation is 2. The van der Waals surface area contributed by atoms with Crippen molar-refractivity contribution < 1.29 is 13.2 Å². The van der Waals surface area contributed by atoms with Crippen LogP contribution in [0.3, 0.4) is 0 Å². The number of hydrogen-bond acceptors (Lipinski definition) is 0. The summed E-state index contributed by atoms with van der Waals surface area (Å²) in [5.41, 5.74) is 1.88. The van der Waals surface area contributed by atoms with E-state index in [4.69, 9.17) is 11.6 Å². The molecular formula is C15H12ClF3. The molecule has 0 fully saturated rings. The topological polar surface area (TPSA) is 0 Å². The second-order valence-corrected chi connectivity index (χ2v) is 4.90. The smallest absolute Gasteiger partial charge is 0.163 e. The number of hydrogen-bond donors (Lipinski definition) is 0. The van der Waals surface area contributed by atoms with Crippen molar-refractivity contribution in [2.75, 3.05) is 0 Å². The van der Waals surface area contributed by atoms with Gasteiger partial charge in [0.1, 0.15) is 5.82 Å². The van der Waals surface area contributed by atoms with Crippen molar-refractivity contribution in [3.05, 3.63) is 70.0 Å². The standard InChI is InChI=1S/C15H12ClF3/c1-8-6-10(17)7-9(2)13(8)14(16)11-4-3-5-12(18)15(11)19/h3-7,14H,1-2H3. The maximum atomic E-state index is 13.7. The highest BCUT2D eigenvalue weighted by molar-refractivity contribution is 6.22. The molecule has 1 unspecified atom stereocenters. The first-order valence-corrected chi connectivity index (χ1v) is 6.20. The van der Waals surface area contributed by atoms with Crippen LogP contribution in [-0.4, -0.2) is 0 Å². The van der Waals surface area contributed by atoms with Crippen LogP contribution in [0, 0.1) is 31.3 Å². The van der Waals surface area contributed by atoms with Crippen LogP contribution < -0.4 is 0 Å². The van der Waals surface area contributed by atoms with Gasteiger partial charge in [-0.15, -0.1) is 11.6 Å². The molecule has 0 nitrogen and oxygen atoms in total.